The van der Waals surface area contributed by atoms with Gasteiger partial charge in [-0.3, -0.25) is 9.59 Å². The molecule has 0 aliphatic rings. The molecule has 0 spiro atoms. The molecule has 7 heteroatoms. The van der Waals surface area contributed by atoms with Gasteiger partial charge in [-0.05, 0) is 25.1 Å². The SMILES string of the molecule is CC(NC(=O)c1ccoc1)C(=O)NCc1cn(-c2ccccc2)nc1-c1ccccc1. The van der Waals surface area contributed by atoms with E-state index in [1.807, 2.05) is 66.9 Å². The lowest BCUT2D eigenvalue weighted by molar-refractivity contribution is -0.122. The molecule has 0 radical (unpaired) electrons. The molecule has 0 aliphatic carbocycles. The van der Waals surface area contributed by atoms with Crippen LogP contribution in [0.25, 0.3) is 16.9 Å². The highest BCUT2D eigenvalue weighted by atomic mass is 16.3. The van der Waals surface area contributed by atoms with Gasteiger partial charge in [-0.1, -0.05) is 48.5 Å². The Labute approximate surface area is 179 Å². The van der Waals surface area contributed by atoms with Crippen LogP contribution in [0.4, 0.5) is 0 Å². The van der Waals surface area contributed by atoms with Crippen LogP contribution < -0.4 is 10.6 Å². The summed E-state index contributed by atoms with van der Waals surface area (Å²) >= 11 is 0. The highest BCUT2D eigenvalue weighted by molar-refractivity contribution is 5.97. The maximum absolute atomic E-state index is 12.6. The van der Waals surface area contributed by atoms with Crippen LogP contribution in [0.1, 0.15) is 22.8 Å². The average molecular weight is 414 g/mol. The van der Waals surface area contributed by atoms with Crippen LogP contribution >= 0.6 is 0 Å². The van der Waals surface area contributed by atoms with Crippen molar-refractivity contribution >= 4 is 11.8 Å². The minimum absolute atomic E-state index is 0.280. The van der Waals surface area contributed by atoms with E-state index in [-0.39, 0.29) is 18.4 Å². The molecule has 0 saturated carbocycles. The summed E-state index contributed by atoms with van der Waals surface area (Å²) in [5.74, 6) is -0.651. The van der Waals surface area contributed by atoms with Gasteiger partial charge >= 0.3 is 0 Å². The van der Waals surface area contributed by atoms with E-state index >= 15 is 0 Å². The van der Waals surface area contributed by atoms with E-state index in [2.05, 4.69) is 10.6 Å². The predicted molar refractivity (Wildman–Crippen MR) is 116 cm³/mol. The predicted octanol–water partition coefficient (Wildman–Crippen LogP) is 3.57. The Bertz CT molecular complexity index is 1150. The van der Waals surface area contributed by atoms with Crippen molar-refractivity contribution in [2.45, 2.75) is 19.5 Å². The molecule has 31 heavy (non-hydrogen) atoms. The van der Waals surface area contributed by atoms with Crippen LogP contribution in [0.15, 0.2) is 89.9 Å². The minimum atomic E-state index is -0.702. The van der Waals surface area contributed by atoms with Gasteiger partial charge < -0.3 is 15.1 Å². The largest absolute Gasteiger partial charge is 0.472 e. The molecule has 0 bridgehead atoms. The Morgan fingerprint density at radius 1 is 1.03 bits per heavy atom. The number of hydrogen-bond donors (Lipinski definition) is 2. The number of hydrogen-bond acceptors (Lipinski definition) is 4. The van der Waals surface area contributed by atoms with Crippen LogP contribution in [0.5, 0.6) is 0 Å². The number of benzene rings is 2. The molecule has 156 valence electrons. The third kappa shape index (κ3) is 4.72. The third-order valence-corrected chi connectivity index (χ3v) is 4.84. The average Bonchev–Trinajstić information content (AvgIpc) is 3.49. The van der Waals surface area contributed by atoms with Crippen LogP contribution in [0.3, 0.4) is 0 Å². The van der Waals surface area contributed by atoms with Crippen molar-refractivity contribution in [1.82, 2.24) is 20.4 Å². The van der Waals surface area contributed by atoms with Crippen molar-refractivity contribution in [3.63, 3.8) is 0 Å². The topological polar surface area (TPSA) is 89.2 Å². The number of aromatic nitrogens is 2. The highest BCUT2D eigenvalue weighted by Gasteiger charge is 2.19. The summed E-state index contributed by atoms with van der Waals surface area (Å²) in [6.07, 6.45) is 4.66. The van der Waals surface area contributed by atoms with Crippen molar-refractivity contribution in [1.29, 1.82) is 0 Å². The number of carbonyl (C=O) groups excluding carboxylic acids is 2. The second kappa shape index (κ2) is 9.13. The third-order valence-electron chi connectivity index (χ3n) is 4.84. The van der Waals surface area contributed by atoms with Crippen molar-refractivity contribution in [3.05, 3.63) is 96.6 Å². The zero-order chi connectivity index (χ0) is 21.6. The van der Waals surface area contributed by atoms with E-state index in [9.17, 15) is 9.59 Å². The monoisotopic (exact) mass is 414 g/mol. The molecule has 4 aromatic rings. The smallest absolute Gasteiger partial charge is 0.255 e. The van der Waals surface area contributed by atoms with E-state index in [4.69, 9.17) is 9.52 Å². The van der Waals surface area contributed by atoms with Crippen LogP contribution in [0, 0.1) is 0 Å². The van der Waals surface area contributed by atoms with Gasteiger partial charge in [0.05, 0.1) is 23.2 Å². The maximum atomic E-state index is 12.6. The zero-order valence-electron chi connectivity index (χ0n) is 17.0. The number of para-hydroxylation sites is 1. The van der Waals surface area contributed by atoms with E-state index in [1.54, 1.807) is 17.7 Å². The summed E-state index contributed by atoms with van der Waals surface area (Å²) in [5, 5.41) is 10.3. The molecule has 7 nitrogen and oxygen atoms in total. The molecular weight excluding hydrogens is 392 g/mol. The summed E-state index contributed by atoms with van der Waals surface area (Å²) in [7, 11) is 0. The number of amides is 2. The number of carbonyl (C=O) groups is 2. The number of rotatable bonds is 7. The van der Waals surface area contributed by atoms with E-state index in [1.165, 1.54) is 12.5 Å². The Morgan fingerprint density at radius 2 is 1.74 bits per heavy atom. The lowest BCUT2D eigenvalue weighted by Crippen LogP contribution is -2.44. The van der Waals surface area contributed by atoms with Gasteiger partial charge in [0.15, 0.2) is 0 Å². The van der Waals surface area contributed by atoms with E-state index < -0.39 is 6.04 Å². The fourth-order valence-corrected chi connectivity index (χ4v) is 3.17. The summed E-state index contributed by atoms with van der Waals surface area (Å²) in [6, 6.07) is 20.4. The summed E-state index contributed by atoms with van der Waals surface area (Å²) in [5.41, 5.74) is 3.92. The number of nitrogens with one attached hydrogen (secondary N) is 2. The fourth-order valence-electron chi connectivity index (χ4n) is 3.17. The van der Waals surface area contributed by atoms with Gasteiger partial charge in [-0.2, -0.15) is 5.10 Å². The second-order valence-electron chi connectivity index (χ2n) is 7.07. The Hall–Kier alpha value is -4.13. The first-order chi connectivity index (χ1) is 15.1. The highest BCUT2D eigenvalue weighted by Crippen LogP contribution is 2.23. The molecule has 1 atom stereocenters. The lowest BCUT2D eigenvalue weighted by atomic mass is 10.1. The Kier molecular flexibility index (Phi) is 5.93. The number of furan rings is 1. The second-order valence-corrected chi connectivity index (χ2v) is 7.07. The molecule has 2 aromatic heterocycles. The Balaban J connectivity index is 1.50. The van der Waals surface area contributed by atoms with Crippen LogP contribution in [-0.4, -0.2) is 27.6 Å². The molecule has 2 aromatic carbocycles. The molecule has 2 heterocycles. The van der Waals surface area contributed by atoms with Crippen molar-refractivity contribution in [2.75, 3.05) is 0 Å². The fraction of sp³-hybridized carbons (Fsp3) is 0.125. The zero-order valence-corrected chi connectivity index (χ0v) is 17.0. The molecule has 0 fully saturated rings. The summed E-state index contributed by atoms with van der Waals surface area (Å²) in [4.78, 5) is 24.7. The first-order valence-corrected chi connectivity index (χ1v) is 9.92. The van der Waals surface area contributed by atoms with E-state index in [0.717, 1.165) is 22.5 Å². The lowest BCUT2D eigenvalue weighted by Gasteiger charge is -2.13. The van der Waals surface area contributed by atoms with Gasteiger partial charge in [0, 0.05) is 23.9 Å². The van der Waals surface area contributed by atoms with Crippen LogP contribution in [-0.2, 0) is 11.3 Å². The Morgan fingerprint density at radius 3 is 2.42 bits per heavy atom. The normalized spacial score (nSPS) is 11.6. The van der Waals surface area contributed by atoms with Gasteiger partial charge in [0.1, 0.15) is 12.3 Å². The van der Waals surface area contributed by atoms with Crippen molar-refractivity contribution in [3.8, 4) is 16.9 Å². The summed E-state index contributed by atoms with van der Waals surface area (Å²) in [6.45, 7) is 1.92. The standard InChI is InChI=1S/C24H22N4O3/c1-17(26-24(30)19-12-13-31-16-19)23(29)25-14-20-15-28(21-10-6-3-7-11-21)27-22(20)18-8-4-2-5-9-18/h2-13,15-17H,14H2,1H3,(H,25,29)(H,26,30). The molecule has 0 saturated heterocycles. The van der Waals surface area contributed by atoms with Crippen molar-refractivity contribution in [2.24, 2.45) is 0 Å². The van der Waals surface area contributed by atoms with Crippen LogP contribution in [0.2, 0.25) is 0 Å². The molecule has 1 unspecified atom stereocenters. The van der Waals surface area contributed by atoms with E-state index in [0.29, 0.717) is 5.56 Å². The van der Waals surface area contributed by atoms with Gasteiger partial charge in [-0.25, -0.2) is 4.68 Å². The maximum Gasteiger partial charge on any atom is 0.255 e. The van der Waals surface area contributed by atoms with Crippen molar-refractivity contribution < 1.29 is 14.0 Å². The van der Waals surface area contributed by atoms with Gasteiger partial charge in [-0.15, -0.1) is 0 Å². The molecule has 0 aliphatic heterocycles. The van der Waals surface area contributed by atoms with Gasteiger partial charge in [0.2, 0.25) is 5.91 Å². The minimum Gasteiger partial charge on any atom is -0.472 e. The first kappa shape index (κ1) is 20.2. The molecule has 2 N–H and O–H groups in total. The quantitative estimate of drug-likeness (QED) is 0.484. The first-order valence-electron chi connectivity index (χ1n) is 9.92. The molecular formula is C24H22N4O3. The molecule has 2 amide bonds. The summed E-state index contributed by atoms with van der Waals surface area (Å²) < 4.78 is 6.71. The van der Waals surface area contributed by atoms with Gasteiger partial charge in [0.25, 0.3) is 5.91 Å². The number of nitrogens with zero attached hydrogens (tertiary/aromatic N) is 2. The molecule has 4 rings (SSSR count).